The predicted molar refractivity (Wildman–Crippen MR) is 75.9 cm³/mol. The second kappa shape index (κ2) is 4.51. The summed E-state index contributed by atoms with van der Waals surface area (Å²) in [4.78, 5) is 0. The molecule has 0 aromatic heterocycles. The molecular weight excluding hydrogens is 241 g/mol. The van der Waals surface area contributed by atoms with E-state index in [4.69, 9.17) is 15.0 Å². The Morgan fingerprint density at radius 1 is 1.16 bits per heavy atom. The average molecular weight is 263 g/mol. The molecule has 0 spiro atoms. The van der Waals surface area contributed by atoms with Gasteiger partial charge in [0.25, 0.3) is 0 Å². The third-order valence-electron chi connectivity index (χ3n) is 4.11. The van der Waals surface area contributed by atoms with Gasteiger partial charge in [0.2, 0.25) is 0 Å². The Labute approximate surface area is 115 Å². The van der Waals surface area contributed by atoms with Crippen molar-refractivity contribution in [2.75, 3.05) is 0 Å². The van der Waals surface area contributed by atoms with Crippen molar-refractivity contribution in [3.05, 3.63) is 29.3 Å². The Morgan fingerprint density at radius 2 is 1.68 bits per heavy atom. The predicted octanol–water partition coefficient (Wildman–Crippen LogP) is 2.33. The fourth-order valence-electron chi connectivity index (χ4n) is 2.12. The van der Waals surface area contributed by atoms with Crippen LogP contribution in [0.3, 0.4) is 0 Å². The number of rotatable bonds is 2. The Hall–Kier alpha value is -1.04. The molecule has 1 aromatic rings. The molecule has 104 valence electrons. The van der Waals surface area contributed by atoms with Gasteiger partial charge in [-0.15, -0.1) is 0 Å². The van der Waals surface area contributed by atoms with Gasteiger partial charge in [-0.3, -0.25) is 0 Å². The van der Waals surface area contributed by atoms with Gasteiger partial charge in [-0.05, 0) is 46.2 Å². The van der Waals surface area contributed by atoms with Crippen LogP contribution >= 0.6 is 0 Å². The van der Waals surface area contributed by atoms with E-state index in [1.54, 1.807) is 6.07 Å². The summed E-state index contributed by atoms with van der Waals surface area (Å²) >= 11 is 0. The minimum atomic E-state index is -0.557. The molecule has 1 aliphatic rings. The normalized spacial score (nSPS) is 22.5. The molecule has 0 unspecified atom stereocenters. The van der Waals surface area contributed by atoms with Gasteiger partial charge in [-0.1, -0.05) is 12.1 Å². The summed E-state index contributed by atoms with van der Waals surface area (Å²) in [5.74, 6) is -0.330. The SMILES string of the molecule is Cc1ccc([C@@H](N)B2OC(C)(C)C(C)(C)O2)c(O)c1. The van der Waals surface area contributed by atoms with Crippen molar-refractivity contribution in [3.63, 3.8) is 0 Å². The van der Waals surface area contributed by atoms with E-state index >= 15 is 0 Å². The minimum Gasteiger partial charge on any atom is -0.508 e. The van der Waals surface area contributed by atoms with E-state index in [1.165, 1.54) is 0 Å². The molecule has 1 fully saturated rings. The molecule has 1 heterocycles. The number of phenols is 1. The molecule has 19 heavy (non-hydrogen) atoms. The zero-order chi connectivity index (χ0) is 14.4. The molecule has 0 radical (unpaired) electrons. The number of phenolic OH excluding ortho intramolecular Hbond substituents is 1. The zero-order valence-corrected chi connectivity index (χ0v) is 12.2. The van der Waals surface area contributed by atoms with E-state index in [2.05, 4.69) is 0 Å². The molecule has 1 atom stereocenters. The van der Waals surface area contributed by atoms with E-state index < -0.39 is 24.3 Å². The summed E-state index contributed by atoms with van der Waals surface area (Å²) in [6.07, 6.45) is 0. The lowest BCUT2D eigenvalue weighted by atomic mass is 9.74. The first kappa shape index (κ1) is 14.4. The van der Waals surface area contributed by atoms with Gasteiger partial charge in [-0.2, -0.15) is 0 Å². The Kier molecular flexibility index (Phi) is 3.41. The molecule has 0 aliphatic carbocycles. The first-order chi connectivity index (χ1) is 8.64. The maximum Gasteiger partial charge on any atom is 0.480 e. The number of benzene rings is 1. The lowest BCUT2D eigenvalue weighted by Crippen LogP contribution is -2.41. The van der Waals surface area contributed by atoms with E-state index in [0.717, 1.165) is 5.56 Å². The number of hydrogen-bond acceptors (Lipinski definition) is 4. The van der Waals surface area contributed by atoms with E-state index in [9.17, 15) is 5.11 Å². The number of aryl methyl sites for hydroxylation is 1. The molecule has 5 heteroatoms. The van der Waals surface area contributed by atoms with E-state index in [-0.39, 0.29) is 5.75 Å². The summed E-state index contributed by atoms with van der Waals surface area (Å²) in [5.41, 5.74) is 6.97. The molecule has 2 rings (SSSR count). The van der Waals surface area contributed by atoms with Crippen LogP contribution in [0.1, 0.15) is 44.8 Å². The molecule has 0 saturated carbocycles. The van der Waals surface area contributed by atoms with Gasteiger partial charge in [0.1, 0.15) is 5.75 Å². The van der Waals surface area contributed by atoms with Crippen LogP contribution in [0, 0.1) is 6.92 Å². The summed E-state index contributed by atoms with van der Waals surface area (Å²) in [6, 6.07) is 5.43. The maximum atomic E-state index is 9.99. The Bertz CT molecular complexity index is 472. The fourth-order valence-corrected chi connectivity index (χ4v) is 2.12. The summed E-state index contributed by atoms with van der Waals surface area (Å²) in [7, 11) is -0.557. The van der Waals surface area contributed by atoms with Gasteiger partial charge in [-0.25, -0.2) is 0 Å². The standard InChI is InChI=1S/C14H22BNO3/c1-9-6-7-10(11(17)8-9)12(16)15-18-13(2,3)14(4,5)19-15/h6-8,12,17H,16H2,1-5H3/t12-/m1/s1. The third-order valence-corrected chi connectivity index (χ3v) is 4.11. The highest BCUT2D eigenvalue weighted by molar-refractivity contribution is 6.47. The molecule has 0 bridgehead atoms. The summed E-state index contributed by atoms with van der Waals surface area (Å²) < 4.78 is 11.8. The first-order valence-corrected chi connectivity index (χ1v) is 6.55. The maximum absolute atomic E-state index is 9.99. The smallest absolute Gasteiger partial charge is 0.480 e. The second-order valence-corrected chi connectivity index (χ2v) is 6.21. The van der Waals surface area contributed by atoms with Crippen molar-refractivity contribution >= 4 is 7.12 Å². The highest BCUT2D eigenvalue weighted by Gasteiger charge is 2.53. The van der Waals surface area contributed by atoms with Gasteiger partial charge < -0.3 is 20.1 Å². The quantitative estimate of drug-likeness (QED) is 0.804. The molecular formula is C14H22BNO3. The Balaban J connectivity index is 2.24. The van der Waals surface area contributed by atoms with Crippen LogP contribution in [0.2, 0.25) is 0 Å². The van der Waals surface area contributed by atoms with Crippen LogP contribution in [0.5, 0.6) is 5.75 Å². The van der Waals surface area contributed by atoms with Crippen LogP contribution in [0.4, 0.5) is 0 Å². The topological polar surface area (TPSA) is 64.7 Å². The fraction of sp³-hybridized carbons (Fsp3) is 0.571. The van der Waals surface area contributed by atoms with Crippen molar-refractivity contribution < 1.29 is 14.4 Å². The number of nitrogens with two attached hydrogens (primary N) is 1. The molecule has 0 amide bonds. The minimum absolute atomic E-state index is 0.183. The largest absolute Gasteiger partial charge is 0.508 e. The van der Waals surface area contributed by atoms with Crippen molar-refractivity contribution in [3.8, 4) is 5.75 Å². The van der Waals surface area contributed by atoms with E-state index in [0.29, 0.717) is 5.56 Å². The summed E-state index contributed by atoms with van der Waals surface area (Å²) in [6.45, 7) is 9.84. The van der Waals surface area contributed by atoms with Crippen LogP contribution in [0.15, 0.2) is 18.2 Å². The van der Waals surface area contributed by atoms with E-state index in [1.807, 2.05) is 46.8 Å². The van der Waals surface area contributed by atoms with Crippen molar-refractivity contribution in [1.82, 2.24) is 0 Å². The van der Waals surface area contributed by atoms with Crippen LogP contribution in [0.25, 0.3) is 0 Å². The van der Waals surface area contributed by atoms with Gasteiger partial charge in [0, 0.05) is 5.56 Å². The lowest BCUT2D eigenvalue weighted by Gasteiger charge is -2.32. The highest BCUT2D eigenvalue weighted by Crippen LogP contribution is 2.40. The van der Waals surface area contributed by atoms with Crippen molar-refractivity contribution in [1.29, 1.82) is 0 Å². The molecule has 4 nitrogen and oxygen atoms in total. The van der Waals surface area contributed by atoms with Crippen LogP contribution in [-0.2, 0) is 9.31 Å². The van der Waals surface area contributed by atoms with Crippen molar-refractivity contribution in [2.24, 2.45) is 5.73 Å². The van der Waals surface area contributed by atoms with Crippen LogP contribution in [-0.4, -0.2) is 23.4 Å². The number of hydrogen-bond donors (Lipinski definition) is 2. The first-order valence-electron chi connectivity index (χ1n) is 6.55. The third kappa shape index (κ3) is 2.50. The molecule has 1 saturated heterocycles. The molecule has 1 aliphatic heterocycles. The summed E-state index contributed by atoms with van der Waals surface area (Å²) in [5, 5.41) is 9.99. The van der Waals surface area contributed by atoms with Crippen LogP contribution < -0.4 is 5.73 Å². The van der Waals surface area contributed by atoms with Gasteiger partial charge in [0.05, 0.1) is 17.1 Å². The zero-order valence-electron chi connectivity index (χ0n) is 12.2. The number of aromatic hydroxyl groups is 1. The molecule has 3 N–H and O–H groups in total. The average Bonchev–Trinajstić information content (AvgIpc) is 2.47. The highest BCUT2D eigenvalue weighted by atomic mass is 16.7. The van der Waals surface area contributed by atoms with Gasteiger partial charge >= 0.3 is 7.12 Å². The van der Waals surface area contributed by atoms with Gasteiger partial charge in [0.15, 0.2) is 0 Å². The molecule has 1 aromatic carbocycles. The lowest BCUT2D eigenvalue weighted by molar-refractivity contribution is 0.00578. The van der Waals surface area contributed by atoms with Crippen molar-refractivity contribution in [2.45, 2.75) is 51.8 Å². The Morgan fingerprint density at radius 3 is 2.16 bits per heavy atom. The second-order valence-electron chi connectivity index (χ2n) is 6.21. The monoisotopic (exact) mass is 263 g/mol.